The van der Waals surface area contributed by atoms with E-state index in [2.05, 4.69) is 0 Å². The highest BCUT2D eigenvalue weighted by Gasteiger charge is 2.17. The van der Waals surface area contributed by atoms with Crippen LogP contribution in [0.3, 0.4) is 0 Å². The number of rotatable bonds is 3. The molecule has 5 nitrogen and oxygen atoms in total. The van der Waals surface area contributed by atoms with Gasteiger partial charge < -0.3 is 25.1 Å². The van der Waals surface area contributed by atoms with Gasteiger partial charge in [0.2, 0.25) is 0 Å². The van der Waals surface area contributed by atoms with Crippen LogP contribution in [0.15, 0.2) is 48.5 Å². The van der Waals surface area contributed by atoms with E-state index in [9.17, 15) is 0 Å². The van der Waals surface area contributed by atoms with Gasteiger partial charge in [0, 0.05) is 0 Å². The van der Waals surface area contributed by atoms with Crippen molar-refractivity contribution in [3.05, 3.63) is 48.5 Å². The van der Waals surface area contributed by atoms with Crippen LogP contribution in [0.1, 0.15) is 0 Å². The molecule has 2 aromatic rings. The first-order valence-electron chi connectivity index (χ1n) is 5.76. The predicted octanol–water partition coefficient (Wildman–Crippen LogP) is -1.84. The summed E-state index contributed by atoms with van der Waals surface area (Å²) in [6.45, 7) is -3.48. The zero-order valence-corrected chi connectivity index (χ0v) is 10.0. The van der Waals surface area contributed by atoms with Gasteiger partial charge in [0.1, 0.15) is 0 Å². The summed E-state index contributed by atoms with van der Waals surface area (Å²) in [5, 5.41) is 45.2. The third-order valence-electron chi connectivity index (χ3n) is 2.90. The Balaban J connectivity index is 2.27. The van der Waals surface area contributed by atoms with E-state index in [1.165, 1.54) is 12.1 Å². The minimum Gasteiger partial charge on any atom is -0.556 e. The Labute approximate surface area is 110 Å². The zero-order chi connectivity index (χ0) is 14.0. The van der Waals surface area contributed by atoms with Crippen LogP contribution >= 0.6 is 0 Å². The summed E-state index contributed by atoms with van der Waals surface area (Å²) < 4.78 is 0. The molecule has 98 valence electrons. The molecule has 0 amide bonds. The summed E-state index contributed by atoms with van der Waals surface area (Å²) in [6.07, 6.45) is 0. The molecule has 0 aromatic heterocycles. The highest BCUT2D eigenvalue weighted by molar-refractivity contribution is 6.71. The van der Waals surface area contributed by atoms with E-state index in [4.69, 9.17) is 25.1 Å². The lowest BCUT2D eigenvalue weighted by molar-refractivity contribution is 0.249. The van der Waals surface area contributed by atoms with Crippen LogP contribution in [-0.4, -0.2) is 39.0 Å². The molecule has 0 aliphatic rings. The summed E-state index contributed by atoms with van der Waals surface area (Å²) in [6, 6.07) is 12.7. The van der Waals surface area contributed by atoms with Crippen molar-refractivity contribution in [3.63, 3.8) is 0 Å². The van der Waals surface area contributed by atoms with E-state index in [0.717, 1.165) is 11.1 Å². The van der Waals surface area contributed by atoms with Crippen molar-refractivity contribution in [1.29, 1.82) is 0 Å². The van der Waals surface area contributed by atoms with Crippen LogP contribution in [0.4, 0.5) is 0 Å². The monoisotopic (exact) mass is 259 g/mol. The summed E-state index contributed by atoms with van der Waals surface area (Å²) in [7, 11) is -1.50. The lowest BCUT2D eigenvalue weighted by atomic mass is 9.71. The highest BCUT2D eigenvalue weighted by Crippen LogP contribution is 2.17. The number of benzene rings is 2. The maximum atomic E-state index is 9.07. The average Bonchev–Trinajstić information content (AvgIpc) is 2.38. The van der Waals surface area contributed by atoms with Crippen LogP contribution in [0.2, 0.25) is 0 Å². The van der Waals surface area contributed by atoms with E-state index in [1.54, 1.807) is 36.4 Å². The van der Waals surface area contributed by atoms with E-state index in [0.29, 0.717) is 5.46 Å². The topological polar surface area (TPSA) is 101 Å². The molecule has 0 bridgehead atoms. The molecule has 0 saturated heterocycles. The second kappa shape index (κ2) is 5.16. The molecule has 0 fully saturated rings. The van der Waals surface area contributed by atoms with Gasteiger partial charge in [-0.25, -0.2) is 0 Å². The molecule has 2 rings (SSSR count). The van der Waals surface area contributed by atoms with Gasteiger partial charge in [-0.1, -0.05) is 48.5 Å². The first kappa shape index (κ1) is 13.8. The summed E-state index contributed by atoms with van der Waals surface area (Å²) in [5.41, 5.74) is 2.07. The summed E-state index contributed by atoms with van der Waals surface area (Å²) in [5.74, 6) is 0. The van der Waals surface area contributed by atoms with Crippen molar-refractivity contribution < 1.29 is 25.1 Å². The Bertz CT molecular complexity index is 546. The fraction of sp³-hybridized carbons (Fsp3) is 0. The van der Waals surface area contributed by atoms with E-state index >= 15 is 0 Å². The Morgan fingerprint density at radius 2 is 1.11 bits per heavy atom. The lowest BCUT2D eigenvalue weighted by Crippen LogP contribution is -2.48. The molecule has 5 N–H and O–H groups in total. The van der Waals surface area contributed by atoms with Gasteiger partial charge in [-0.2, -0.15) is 0 Å². The van der Waals surface area contributed by atoms with Gasteiger partial charge in [-0.3, -0.25) is 0 Å². The fourth-order valence-corrected chi connectivity index (χ4v) is 1.78. The van der Waals surface area contributed by atoms with Crippen LogP contribution < -0.4 is 10.9 Å². The molecule has 7 heteroatoms. The van der Waals surface area contributed by atoms with Crippen LogP contribution in [0.25, 0.3) is 11.1 Å². The first-order valence-corrected chi connectivity index (χ1v) is 5.76. The Kier molecular flexibility index (Phi) is 3.75. The maximum absolute atomic E-state index is 9.07. The zero-order valence-electron chi connectivity index (χ0n) is 10.0. The van der Waals surface area contributed by atoms with Crippen LogP contribution in [-0.2, 0) is 0 Å². The van der Waals surface area contributed by atoms with Crippen molar-refractivity contribution in [2.24, 2.45) is 0 Å². The average molecular weight is 259 g/mol. The Morgan fingerprint density at radius 3 is 1.47 bits per heavy atom. The van der Waals surface area contributed by atoms with Gasteiger partial charge >= 0.3 is 13.9 Å². The Morgan fingerprint density at radius 1 is 0.684 bits per heavy atom. The van der Waals surface area contributed by atoms with Gasteiger partial charge in [0.05, 0.1) is 0 Å². The van der Waals surface area contributed by atoms with E-state index in [-0.39, 0.29) is 5.46 Å². The molecule has 0 radical (unpaired) electrons. The number of hydrogen-bond donors (Lipinski definition) is 5. The molecule has 19 heavy (non-hydrogen) atoms. The third-order valence-corrected chi connectivity index (χ3v) is 2.90. The smallest absolute Gasteiger partial charge is 0.488 e. The molecule has 0 aliphatic heterocycles. The quantitative estimate of drug-likeness (QED) is 0.417. The lowest BCUT2D eigenvalue weighted by Gasteiger charge is -2.21. The van der Waals surface area contributed by atoms with Gasteiger partial charge in [-0.05, 0) is 16.6 Å². The minimum atomic E-state index is -3.48. The summed E-state index contributed by atoms with van der Waals surface area (Å²) in [4.78, 5) is 0. The molecule has 0 heterocycles. The molecule has 0 atom stereocenters. The van der Waals surface area contributed by atoms with Gasteiger partial charge in [0.25, 0.3) is 0 Å². The van der Waals surface area contributed by atoms with Crippen LogP contribution in [0.5, 0.6) is 0 Å². The minimum absolute atomic E-state index is 0.0335. The van der Waals surface area contributed by atoms with E-state index in [1.807, 2.05) is 0 Å². The molecule has 0 aliphatic carbocycles. The molecule has 0 spiro atoms. The second-order valence-corrected chi connectivity index (χ2v) is 4.35. The van der Waals surface area contributed by atoms with Crippen molar-refractivity contribution in [2.75, 3.05) is 0 Å². The summed E-state index contributed by atoms with van der Waals surface area (Å²) >= 11 is 0. The van der Waals surface area contributed by atoms with Crippen molar-refractivity contribution >= 4 is 24.8 Å². The molecule has 0 unspecified atom stereocenters. The second-order valence-electron chi connectivity index (χ2n) is 4.35. The van der Waals surface area contributed by atoms with Crippen molar-refractivity contribution in [2.45, 2.75) is 0 Å². The SMILES string of the molecule is OB(O)c1ccc(-c2ccc([B-](O)(O)O)cc2)cc1. The first-order chi connectivity index (χ1) is 8.88. The van der Waals surface area contributed by atoms with Crippen molar-refractivity contribution in [3.8, 4) is 11.1 Å². The molecule has 2 aromatic carbocycles. The van der Waals surface area contributed by atoms with Gasteiger partial charge in [-0.15, -0.1) is 5.46 Å². The highest BCUT2D eigenvalue weighted by atomic mass is 16.5. The molecular weight excluding hydrogens is 246 g/mol. The normalized spacial score (nSPS) is 11.4. The van der Waals surface area contributed by atoms with Crippen molar-refractivity contribution in [1.82, 2.24) is 0 Å². The van der Waals surface area contributed by atoms with Crippen LogP contribution in [0, 0.1) is 0 Å². The largest absolute Gasteiger partial charge is 0.556 e. The maximum Gasteiger partial charge on any atom is 0.488 e. The number of hydrogen-bond acceptors (Lipinski definition) is 5. The van der Waals surface area contributed by atoms with E-state index < -0.39 is 13.9 Å². The van der Waals surface area contributed by atoms with Gasteiger partial charge in [0.15, 0.2) is 0 Å². The standard InChI is InChI=1S/C12H13B2O5/c15-13(16)11-5-1-9(2-6-11)10-3-7-12(8-4-10)14(17,18)19/h1-8,15-19H/q-1. The molecular formula is C12H13B2O5-. The predicted molar refractivity (Wildman–Crippen MR) is 73.7 cm³/mol. The Hall–Kier alpha value is -1.63. The third kappa shape index (κ3) is 3.23. The fourth-order valence-electron chi connectivity index (χ4n) is 1.78. The molecule has 0 saturated carbocycles.